The van der Waals surface area contributed by atoms with Gasteiger partial charge in [0.1, 0.15) is 0 Å². The SMILES string of the molecule is CC12CN3CC(C)(CN(C1)C31CCCC1)C2. The van der Waals surface area contributed by atoms with Gasteiger partial charge in [0.2, 0.25) is 0 Å². The van der Waals surface area contributed by atoms with Gasteiger partial charge in [0.25, 0.3) is 0 Å². The molecule has 4 aliphatic heterocycles. The maximum absolute atomic E-state index is 2.87. The Bertz CT molecular complexity index is 292. The second-order valence-electron chi connectivity index (χ2n) is 7.70. The maximum atomic E-state index is 2.87. The molecule has 5 fully saturated rings. The first kappa shape index (κ1) is 9.90. The lowest BCUT2D eigenvalue weighted by atomic mass is 9.61. The second-order valence-corrected chi connectivity index (χ2v) is 7.70. The van der Waals surface area contributed by atoms with Gasteiger partial charge >= 0.3 is 0 Å². The van der Waals surface area contributed by atoms with E-state index in [0.717, 1.165) is 0 Å². The zero-order valence-electron chi connectivity index (χ0n) is 10.8. The summed E-state index contributed by atoms with van der Waals surface area (Å²) < 4.78 is 0. The van der Waals surface area contributed by atoms with Crippen LogP contribution in [0, 0.1) is 10.8 Å². The van der Waals surface area contributed by atoms with Gasteiger partial charge in [-0.05, 0) is 30.1 Å². The van der Waals surface area contributed by atoms with E-state index >= 15 is 0 Å². The van der Waals surface area contributed by atoms with Crippen LogP contribution in [0.25, 0.3) is 0 Å². The van der Waals surface area contributed by atoms with Gasteiger partial charge < -0.3 is 0 Å². The Morgan fingerprint density at radius 3 is 1.62 bits per heavy atom. The van der Waals surface area contributed by atoms with Gasteiger partial charge in [-0.3, -0.25) is 9.80 Å². The molecule has 0 radical (unpaired) electrons. The molecule has 4 saturated heterocycles. The minimum absolute atomic E-state index is 0.513. The van der Waals surface area contributed by atoms with Crippen molar-refractivity contribution in [1.29, 1.82) is 0 Å². The second kappa shape index (κ2) is 2.67. The van der Waals surface area contributed by atoms with Crippen molar-refractivity contribution in [3.63, 3.8) is 0 Å². The Morgan fingerprint density at radius 1 is 0.750 bits per heavy atom. The fourth-order valence-corrected chi connectivity index (χ4v) is 5.67. The highest BCUT2D eigenvalue weighted by atomic mass is 15.5. The molecule has 90 valence electrons. The molecule has 0 atom stereocenters. The van der Waals surface area contributed by atoms with Crippen LogP contribution in [0.5, 0.6) is 0 Å². The fraction of sp³-hybridized carbons (Fsp3) is 1.00. The van der Waals surface area contributed by atoms with Crippen LogP contribution in [-0.2, 0) is 0 Å². The third-order valence-corrected chi connectivity index (χ3v) is 5.73. The zero-order valence-corrected chi connectivity index (χ0v) is 10.8. The highest BCUT2D eigenvalue weighted by Gasteiger charge is 2.62. The van der Waals surface area contributed by atoms with Gasteiger partial charge in [-0.25, -0.2) is 0 Å². The number of piperidine rings is 2. The third kappa shape index (κ3) is 1.06. The van der Waals surface area contributed by atoms with E-state index < -0.39 is 0 Å². The number of rotatable bonds is 0. The lowest BCUT2D eigenvalue weighted by Crippen LogP contribution is -2.79. The highest BCUT2D eigenvalue weighted by Crippen LogP contribution is 2.57. The van der Waals surface area contributed by atoms with Crippen molar-refractivity contribution in [2.24, 2.45) is 10.8 Å². The van der Waals surface area contributed by atoms with Crippen LogP contribution in [-0.4, -0.2) is 41.6 Å². The molecule has 0 aromatic carbocycles. The van der Waals surface area contributed by atoms with E-state index in [2.05, 4.69) is 23.6 Å². The van der Waals surface area contributed by atoms with Crippen LogP contribution >= 0.6 is 0 Å². The molecular weight excluding hydrogens is 196 g/mol. The Labute approximate surface area is 99.0 Å². The summed E-state index contributed by atoms with van der Waals surface area (Å²) >= 11 is 0. The van der Waals surface area contributed by atoms with Crippen LogP contribution in [0.3, 0.4) is 0 Å². The predicted molar refractivity (Wildman–Crippen MR) is 65.2 cm³/mol. The summed E-state index contributed by atoms with van der Waals surface area (Å²) in [6.45, 7) is 10.5. The van der Waals surface area contributed by atoms with Crippen molar-refractivity contribution < 1.29 is 0 Å². The zero-order chi connectivity index (χ0) is 11.0. The fourth-order valence-electron chi connectivity index (χ4n) is 5.67. The first-order valence-corrected chi connectivity index (χ1v) is 7.04. The minimum Gasteiger partial charge on any atom is -0.284 e. The van der Waals surface area contributed by atoms with Crippen LogP contribution in [0.15, 0.2) is 0 Å². The Kier molecular flexibility index (Phi) is 1.65. The topological polar surface area (TPSA) is 6.48 Å². The molecule has 0 amide bonds. The lowest BCUT2D eigenvalue weighted by molar-refractivity contribution is -0.240. The Morgan fingerprint density at radius 2 is 1.19 bits per heavy atom. The molecule has 5 aliphatic rings. The van der Waals surface area contributed by atoms with E-state index in [1.54, 1.807) is 0 Å². The highest BCUT2D eigenvalue weighted by molar-refractivity contribution is 5.14. The maximum Gasteiger partial charge on any atom is 0.0738 e. The smallest absolute Gasteiger partial charge is 0.0738 e. The molecule has 0 N–H and O–H groups in total. The molecule has 0 aromatic heterocycles. The molecule has 1 spiro atoms. The summed E-state index contributed by atoms with van der Waals surface area (Å²) in [4.78, 5) is 5.74. The molecule has 5 rings (SSSR count). The molecule has 1 saturated carbocycles. The molecule has 2 nitrogen and oxygen atoms in total. The molecular formula is C14H24N2. The largest absolute Gasteiger partial charge is 0.284 e. The van der Waals surface area contributed by atoms with E-state index in [4.69, 9.17) is 0 Å². The summed E-state index contributed by atoms with van der Waals surface area (Å²) in [6, 6.07) is 0. The van der Waals surface area contributed by atoms with Gasteiger partial charge in [0, 0.05) is 26.2 Å². The van der Waals surface area contributed by atoms with E-state index in [-0.39, 0.29) is 0 Å². The van der Waals surface area contributed by atoms with Crippen molar-refractivity contribution >= 4 is 0 Å². The van der Waals surface area contributed by atoms with Gasteiger partial charge in [-0.2, -0.15) is 0 Å². The van der Waals surface area contributed by atoms with Crippen molar-refractivity contribution in [1.82, 2.24) is 9.80 Å². The Balaban J connectivity index is 1.77. The average molecular weight is 220 g/mol. The predicted octanol–water partition coefficient (Wildman–Crippen LogP) is 2.30. The van der Waals surface area contributed by atoms with E-state index in [1.165, 1.54) is 58.3 Å². The van der Waals surface area contributed by atoms with Gasteiger partial charge in [-0.15, -0.1) is 0 Å². The van der Waals surface area contributed by atoms with Crippen molar-refractivity contribution in [3.8, 4) is 0 Å². The summed E-state index contributed by atoms with van der Waals surface area (Å²) in [5.41, 5.74) is 1.71. The molecule has 0 unspecified atom stereocenters. The van der Waals surface area contributed by atoms with Crippen LogP contribution in [0.1, 0.15) is 46.0 Å². The Hall–Kier alpha value is -0.0800. The van der Waals surface area contributed by atoms with E-state index in [1.807, 2.05) is 0 Å². The standard InChI is InChI=1S/C14H24N2/c1-12-7-13(2)10-15(8-12)14(5-3-4-6-14)16(9-12)11-13/h3-11H2,1-2H3. The van der Waals surface area contributed by atoms with Crippen LogP contribution < -0.4 is 0 Å². The summed E-state index contributed by atoms with van der Waals surface area (Å²) in [5.74, 6) is 0. The van der Waals surface area contributed by atoms with Crippen molar-refractivity contribution in [2.45, 2.75) is 51.6 Å². The van der Waals surface area contributed by atoms with Gasteiger partial charge in [-0.1, -0.05) is 26.7 Å². The first-order valence-electron chi connectivity index (χ1n) is 7.04. The summed E-state index contributed by atoms with van der Waals surface area (Å²) in [6.07, 6.45) is 7.27. The monoisotopic (exact) mass is 220 g/mol. The summed E-state index contributed by atoms with van der Waals surface area (Å²) in [5, 5.41) is 0. The van der Waals surface area contributed by atoms with Gasteiger partial charge in [0.05, 0.1) is 5.66 Å². The molecule has 16 heavy (non-hydrogen) atoms. The average Bonchev–Trinajstić information content (AvgIpc) is 2.60. The number of hydrogen-bond donors (Lipinski definition) is 0. The lowest BCUT2D eigenvalue weighted by Gasteiger charge is -2.70. The minimum atomic E-state index is 0.513. The molecule has 4 heterocycles. The third-order valence-electron chi connectivity index (χ3n) is 5.73. The molecule has 4 bridgehead atoms. The van der Waals surface area contributed by atoms with E-state index in [0.29, 0.717) is 16.5 Å². The number of hydrogen-bond acceptors (Lipinski definition) is 2. The quantitative estimate of drug-likeness (QED) is 0.618. The van der Waals surface area contributed by atoms with Crippen molar-refractivity contribution in [2.75, 3.05) is 26.2 Å². The van der Waals surface area contributed by atoms with Crippen LogP contribution in [0.4, 0.5) is 0 Å². The molecule has 1 aliphatic carbocycles. The van der Waals surface area contributed by atoms with Crippen LogP contribution in [0.2, 0.25) is 0 Å². The summed E-state index contributed by atoms with van der Waals surface area (Å²) in [7, 11) is 0. The van der Waals surface area contributed by atoms with Crippen molar-refractivity contribution in [3.05, 3.63) is 0 Å². The molecule has 2 heteroatoms. The first-order chi connectivity index (χ1) is 7.54. The number of nitrogens with zero attached hydrogens (tertiary/aromatic N) is 2. The van der Waals surface area contributed by atoms with E-state index in [9.17, 15) is 0 Å². The molecule has 0 aromatic rings. The van der Waals surface area contributed by atoms with Gasteiger partial charge in [0.15, 0.2) is 0 Å². The normalized spacial score (nSPS) is 57.4.